The lowest BCUT2D eigenvalue weighted by Crippen LogP contribution is -2.29. The molecule has 0 aliphatic carbocycles. The summed E-state index contributed by atoms with van der Waals surface area (Å²) in [6.45, 7) is 3.52. The Morgan fingerprint density at radius 3 is 2.47 bits per heavy atom. The van der Waals surface area contributed by atoms with Crippen molar-refractivity contribution in [3.05, 3.63) is 60.2 Å². The number of rotatable bonds is 3. The third-order valence-electron chi connectivity index (χ3n) is 3.81. The minimum Gasteiger partial charge on any atom is -0.299 e. The number of likely N-dealkylation sites (tertiary alicyclic amines) is 1. The molecule has 1 fully saturated rings. The molecule has 1 saturated heterocycles. The molecule has 1 heterocycles. The third kappa shape index (κ3) is 3.24. The molecule has 0 N–H and O–H groups in total. The zero-order valence-electron chi connectivity index (χ0n) is 11.3. The first-order chi connectivity index (χ1) is 9.42. The van der Waals surface area contributed by atoms with Crippen LogP contribution in [0.25, 0.3) is 11.1 Å². The lowest BCUT2D eigenvalue weighted by Gasteiger charge is -2.26. The standard InChI is InChI=1S/C18H20N/c1-3-9-17(10-4-1)18-11-7-8-16(14-18)15-19-12-5-2-6-13-19/h1,3-4,7,9-11,14H,2,5-6,12-13,15H2. The van der Waals surface area contributed by atoms with Gasteiger partial charge < -0.3 is 0 Å². The number of nitrogens with zero attached hydrogens (tertiary/aromatic N) is 1. The molecule has 0 aromatic heterocycles. The smallest absolute Gasteiger partial charge is 0.0240 e. The van der Waals surface area contributed by atoms with Gasteiger partial charge >= 0.3 is 0 Å². The van der Waals surface area contributed by atoms with E-state index in [0.717, 1.165) is 6.54 Å². The first-order valence-corrected chi connectivity index (χ1v) is 7.20. The highest BCUT2D eigenvalue weighted by molar-refractivity contribution is 5.63. The van der Waals surface area contributed by atoms with Gasteiger partial charge in [0.05, 0.1) is 0 Å². The molecule has 2 aromatic carbocycles. The van der Waals surface area contributed by atoms with E-state index in [9.17, 15) is 0 Å². The maximum Gasteiger partial charge on any atom is 0.0240 e. The first kappa shape index (κ1) is 12.4. The SMILES string of the molecule is [c]1ccc(-c2ccccc2)cc1CN1CCCCC1. The second kappa shape index (κ2) is 6.03. The normalized spacial score (nSPS) is 16.4. The molecule has 0 saturated carbocycles. The lowest BCUT2D eigenvalue weighted by molar-refractivity contribution is 0.221. The topological polar surface area (TPSA) is 3.24 Å². The molecule has 1 heteroatoms. The molecule has 0 amide bonds. The fourth-order valence-corrected chi connectivity index (χ4v) is 2.78. The van der Waals surface area contributed by atoms with E-state index in [1.807, 2.05) is 0 Å². The number of hydrogen-bond acceptors (Lipinski definition) is 1. The monoisotopic (exact) mass is 250 g/mol. The Kier molecular flexibility index (Phi) is 3.95. The van der Waals surface area contributed by atoms with Crippen molar-refractivity contribution in [2.24, 2.45) is 0 Å². The lowest BCUT2D eigenvalue weighted by atomic mass is 10.0. The summed E-state index contributed by atoms with van der Waals surface area (Å²) in [5.74, 6) is 0. The summed E-state index contributed by atoms with van der Waals surface area (Å²) in [7, 11) is 0. The highest BCUT2D eigenvalue weighted by atomic mass is 15.1. The number of benzene rings is 2. The van der Waals surface area contributed by atoms with Gasteiger partial charge in [-0.15, -0.1) is 0 Å². The minimum absolute atomic E-state index is 1.04. The van der Waals surface area contributed by atoms with Crippen LogP contribution in [0.1, 0.15) is 24.8 Å². The van der Waals surface area contributed by atoms with Crippen LogP contribution >= 0.6 is 0 Å². The molecule has 2 aromatic rings. The molecule has 1 aliphatic rings. The highest BCUT2D eigenvalue weighted by Crippen LogP contribution is 2.21. The van der Waals surface area contributed by atoms with Crippen LogP contribution in [-0.2, 0) is 6.54 Å². The van der Waals surface area contributed by atoms with Crippen LogP contribution in [0.4, 0.5) is 0 Å². The second-order valence-corrected chi connectivity index (χ2v) is 5.31. The summed E-state index contributed by atoms with van der Waals surface area (Å²) in [5, 5.41) is 0. The minimum atomic E-state index is 1.04. The fraction of sp³-hybridized carbons (Fsp3) is 0.333. The van der Waals surface area contributed by atoms with Crippen LogP contribution in [0.15, 0.2) is 48.5 Å². The van der Waals surface area contributed by atoms with Crippen LogP contribution < -0.4 is 0 Å². The van der Waals surface area contributed by atoms with Crippen molar-refractivity contribution in [3.8, 4) is 11.1 Å². The van der Waals surface area contributed by atoms with E-state index in [4.69, 9.17) is 0 Å². The zero-order chi connectivity index (χ0) is 12.9. The van der Waals surface area contributed by atoms with Gasteiger partial charge in [-0.25, -0.2) is 0 Å². The summed E-state index contributed by atoms with van der Waals surface area (Å²) < 4.78 is 0. The van der Waals surface area contributed by atoms with Crippen LogP contribution in [0.2, 0.25) is 0 Å². The van der Waals surface area contributed by atoms with Gasteiger partial charge in [0, 0.05) is 6.54 Å². The molecule has 0 unspecified atom stereocenters. The van der Waals surface area contributed by atoms with Gasteiger partial charge in [-0.05, 0) is 54.8 Å². The van der Waals surface area contributed by atoms with Gasteiger partial charge in [-0.1, -0.05) is 48.9 Å². The molecule has 1 aliphatic heterocycles. The molecular formula is C18H20N. The number of piperidine rings is 1. The molecule has 1 nitrogen and oxygen atoms in total. The Bertz CT molecular complexity index is 512. The van der Waals surface area contributed by atoms with Crippen molar-refractivity contribution in [1.29, 1.82) is 0 Å². The molecule has 0 spiro atoms. The summed E-state index contributed by atoms with van der Waals surface area (Å²) in [4.78, 5) is 2.55. The Hall–Kier alpha value is -1.60. The molecule has 0 bridgehead atoms. The van der Waals surface area contributed by atoms with Crippen LogP contribution in [-0.4, -0.2) is 18.0 Å². The zero-order valence-corrected chi connectivity index (χ0v) is 11.3. The maximum absolute atomic E-state index is 3.38. The average molecular weight is 250 g/mol. The van der Waals surface area contributed by atoms with Crippen molar-refractivity contribution in [3.63, 3.8) is 0 Å². The summed E-state index contributed by atoms with van der Waals surface area (Å²) in [5.41, 5.74) is 3.89. The molecule has 3 rings (SSSR count). The average Bonchev–Trinajstić information content (AvgIpc) is 2.49. The first-order valence-electron chi connectivity index (χ1n) is 7.20. The largest absolute Gasteiger partial charge is 0.299 e. The molecule has 1 radical (unpaired) electrons. The third-order valence-corrected chi connectivity index (χ3v) is 3.81. The van der Waals surface area contributed by atoms with Crippen LogP contribution in [0.5, 0.6) is 0 Å². The van der Waals surface area contributed by atoms with Gasteiger partial charge in [0.15, 0.2) is 0 Å². The van der Waals surface area contributed by atoms with E-state index >= 15 is 0 Å². The van der Waals surface area contributed by atoms with E-state index < -0.39 is 0 Å². The summed E-state index contributed by atoms with van der Waals surface area (Å²) in [6.07, 6.45) is 4.08. The molecule has 0 atom stereocenters. The van der Waals surface area contributed by atoms with Gasteiger partial charge in [0.25, 0.3) is 0 Å². The Morgan fingerprint density at radius 1 is 0.895 bits per heavy atom. The Morgan fingerprint density at radius 2 is 1.68 bits per heavy atom. The van der Waals surface area contributed by atoms with E-state index in [2.05, 4.69) is 59.5 Å². The Labute approximate surface area is 115 Å². The molecule has 19 heavy (non-hydrogen) atoms. The summed E-state index contributed by atoms with van der Waals surface area (Å²) in [6, 6.07) is 20.5. The van der Waals surface area contributed by atoms with E-state index in [-0.39, 0.29) is 0 Å². The van der Waals surface area contributed by atoms with E-state index in [0.29, 0.717) is 0 Å². The predicted molar refractivity (Wildman–Crippen MR) is 79.8 cm³/mol. The van der Waals surface area contributed by atoms with Crippen molar-refractivity contribution >= 4 is 0 Å². The molecule has 97 valence electrons. The highest BCUT2D eigenvalue weighted by Gasteiger charge is 2.10. The van der Waals surface area contributed by atoms with Crippen molar-refractivity contribution in [2.45, 2.75) is 25.8 Å². The van der Waals surface area contributed by atoms with E-state index in [1.54, 1.807) is 0 Å². The van der Waals surface area contributed by atoms with Gasteiger partial charge in [0.1, 0.15) is 0 Å². The quantitative estimate of drug-likeness (QED) is 0.791. The maximum atomic E-state index is 3.38. The summed E-state index contributed by atoms with van der Waals surface area (Å²) >= 11 is 0. The fourth-order valence-electron chi connectivity index (χ4n) is 2.78. The van der Waals surface area contributed by atoms with Gasteiger partial charge in [0.2, 0.25) is 0 Å². The second-order valence-electron chi connectivity index (χ2n) is 5.31. The number of hydrogen-bond donors (Lipinski definition) is 0. The molecular weight excluding hydrogens is 230 g/mol. The van der Waals surface area contributed by atoms with E-state index in [1.165, 1.54) is 49.0 Å². The Balaban J connectivity index is 1.76. The van der Waals surface area contributed by atoms with Gasteiger partial charge in [-0.3, -0.25) is 4.90 Å². The van der Waals surface area contributed by atoms with Crippen molar-refractivity contribution < 1.29 is 0 Å². The van der Waals surface area contributed by atoms with Crippen molar-refractivity contribution in [2.75, 3.05) is 13.1 Å². The van der Waals surface area contributed by atoms with Crippen LogP contribution in [0, 0.1) is 6.07 Å². The van der Waals surface area contributed by atoms with Gasteiger partial charge in [-0.2, -0.15) is 0 Å². The van der Waals surface area contributed by atoms with Crippen molar-refractivity contribution in [1.82, 2.24) is 4.90 Å². The predicted octanol–water partition coefficient (Wildman–Crippen LogP) is 4.14. The van der Waals surface area contributed by atoms with Crippen LogP contribution in [0.3, 0.4) is 0 Å².